The van der Waals surface area contributed by atoms with Gasteiger partial charge in [0, 0.05) is 16.0 Å². The van der Waals surface area contributed by atoms with Crippen LogP contribution in [0, 0.1) is 6.92 Å². The summed E-state index contributed by atoms with van der Waals surface area (Å²) < 4.78 is 28.8. The maximum atomic E-state index is 13.4. The minimum atomic E-state index is -3.90. The second-order valence-electron chi connectivity index (χ2n) is 7.56. The van der Waals surface area contributed by atoms with E-state index in [1.165, 1.54) is 4.31 Å². The van der Waals surface area contributed by atoms with E-state index in [0.29, 0.717) is 5.02 Å². The number of nitrogens with one attached hydrogen (secondary N) is 1. The van der Waals surface area contributed by atoms with Gasteiger partial charge in [0.1, 0.15) is 0 Å². The summed E-state index contributed by atoms with van der Waals surface area (Å²) in [5.74, 6) is -0.387. The summed E-state index contributed by atoms with van der Waals surface area (Å²) in [5, 5.41) is 3.45. The van der Waals surface area contributed by atoms with Crippen LogP contribution in [0.4, 0.5) is 0 Å². The van der Waals surface area contributed by atoms with Crippen LogP contribution in [0.2, 0.25) is 5.02 Å². The maximum Gasteiger partial charge on any atom is 0.243 e. The molecule has 32 heavy (non-hydrogen) atoms. The van der Waals surface area contributed by atoms with Crippen LogP contribution in [-0.2, 0) is 21.4 Å². The summed E-state index contributed by atoms with van der Waals surface area (Å²) in [5.41, 5.74) is 2.60. The second-order valence-corrected chi connectivity index (χ2v) is 10.8. The van der Waals surface area contributed by atoms with Gasteiger partial charge in [0.15, 0.2) is 0 Å². The van der Waals surface area contributed by atoms with E-state index in [9.17, 15) is 13.2 Å². The molecule has 1 N–H and O–H groups in total. The van der Waals surface area contributed by atoms with Crippen molar-refractivity contribution < 1.29 is 13.2 Å². The number of amides is 1. The Morgan fingerprint density at radius 1 is 1.06 bits per heavy atom. The highest BCUT2D eigenvalue weighted by Crippen LogP contribution is 2.21. The van der Waals surface area contributed by atoms with E-state index in [1.807, 2.05) is 38.1 Å². The Kier molecular flexibility index (Phi) is 8.11. The van der Waals surface area contributed by atoms with Crippen molar-refractivity contribution in [1.82, 2.24) is 9.62 Å². The van der Waals surface area contributed by atoms with Crippen molar-refractivity contribution in [2.75, 3.05) is 6.54 Å². The lowest BCUT2D eigenvalue weighted by Gasteiger charge is -2.23. The molecule has 0 radical (unpaired) electrons. The Morgan fingerprint density at radius 2 is 1.72 bits per heavy atom. The monoisotopic (exact) mass is 534 g/mol. The zero-order chi connectivity index (χ0) is 23.3. The van der Waals surface area contributed by atoms with Gasteiger partial charge in [-0.25, -0.2) is 8.42 Å². The van der Waals surface area contributed by atoms with E-state index in [0.717, 1.165) is 21.2 Å². The number of sulfonamides is 1. The van der Waals surface area contributed by atoms with Crippen molar-refractivity contribution in [3.63, 3.8) is 0 Å². The molecule has 168 valence electrons. The van der Waals surface area contributed by atoms with E-state index < -0.39 is 10.0 Å². The fraction of sp³-hybridized carbons (Fsp3) is 0.208. The Balaban J connectivity index is 1.83. The third-order valence-electron chi connectivity index (χ3n) is 4.98. The van der Waals surface area contributed by atoms with Crippen LogP contribution in [0.3, 0.4) is 0 Å². The molecule has 0 heterocycles. The highest BCUT2D eigenvalue weighted by Gasteiger charge is 2.27. The van der Waals surface area contributed by atoms with Gasteiger partial charge in [-0.1, -0.05) is 69.5 Å². The molecule has 5 nitrogen and oxygen atoms in total. The first-order valence-electron chi connectivity index (χ1n) is 10.0. The lowest BCUT2D eigenvalue weighted by atomic mass is 10.1. The molecular weight excluding hydrogens is 512 g/mol. The molecule has 3 aromatic carbocycles. The normalized spacial score (nSPS) is 12.5. The standard InChI is InChI=1S/C24H24BrClN2O3S/c1-17-6-12-23(13-7-17)32(30,31)28(15-19-8-10-22(26)11-9-19)16-24(29)27-18(2)20-4-3-5-21(25)14-20/h3-14,18H,15-16H2,1-2H3,(H,27,29)/t18-/m1/s1. The van der Waals surface area contributed by atoms with Gasteiger partial charge < -0.3 is 5.32 Å². The zero-order valence-electron chi connectivity index (χ0n) is 17.8. The first-order valence-corrected chi connectivity index (χ1v) is 12.6. The summed E-state index contributed by atoms with van der Waals surface area (Å²) >= 11 is 9.39. The number of hydrogen-bond acceptors (Lipinski definition) is 3. The molecule has 1 atom stereocenters. The molecule has 0 fully saturated rings. The number of benzene rings is 3. The van der Waals surface area contributed by atoms with Gasteiger partial charge >= 0.3 is 0 Å². The van der Waals surface area contributed by atoms with Crippen LogP contribution >= 0.6 is 27.5 Å². The highest BCUT2D eigenvalue weighted by molar-refractivity contribution is 9.10. The van der Waals surface area contributed by atoms with E-state index in [2.05, 4.69) is 21.2 Å². The van der Waals surface area contributed by atoms with Gasteiger partial charge in [0.05, 0.1) is 17.5 Å². The van der Waals surface area contributed by atoms with E-state index >= 15 is 0 Å². The predicted molar refractivity (Wildman–Crippen MR) is 131 cm³/mol. The molecule has 3 rings (SSSR count). The average molecular weight is 536 g/mol. The minimum absolute atomic E-state index is 0.0477. The lowest BCUT2D eigenvalue weighted by molar-refractivity contribution is -0.122. The molecule has 0 aliphatic carbocycles. The molecule has 0 saturated heterocycles. The molecule has 3 aromatic rings. The number of carbonyl (C=O) groups excluding carboxylic acids is 1. The molecule has 0 aliphatic rings. The molecule has 0 saturated carbocycles. The van der Waals surface area contributed by atoms with E-state index in [4.69, 9.17) is 11.6 Å². The van der Waals surface area contributed by atoms with Crippen LogP contribution < -0.4 is 5.32 Å². The van der Waals surface area contributed by atoms with E-state index in [-0.39, 0.29) is 29.9 Å². The van der Waals surface area contributed by atoms with Crippen LogP contribution in [-0.4, -0.2) is 25.2 Å². The summed E-state index contributed by atoms with van der Waals surface area (Å²) in [6.07, 6.45) is 0. The molecule has 0 spiro atoms. The quantitative estimate of drug-likeness (QED) is 0.415. The third kappa shape index (κ3) is 6.42. The number of nitrogens with zero attached hydrogens (tertiary/aromatic N) is 1. The molecule has 0 bridgehead atoms. The SMILES string of the molecule is Cc1ccc(S(=O)(=O)N(CC(=O)N[C@H](C)c2cccc(Br)c2)Cc2ccc(Cl)cc2)cc1. The highest BCUT2D eigenvalue weighted by atomic mass is 79.9. The Labute approximate surface area is 202 Å². The van der Waals surface area contributed by atoms with Crippen molar-refractivity contribution in [3.05, 3.63) is 99.0 Å². The summed E-state index contributed by atoms with van der Waals surface area (Å²) in [7, 11) is -3.90. The number of carbonyl (C=O) groups is 1. The van der Waals surface area contributed by atoms with Gasteiger partial charge in [-0.2, -0.15) is 4.31 Å². The van der Waals surface area contributed by atoms with Gasteiger partial charge in [-0.3, -0.25) is 4.79 Å². The van der Waals surface area contributed by atoms with Crippen molar-refractivity contribution in [2.45, 2.75) is 31.3 Å². The Hall–Kier alpha value is -2.19. The van der Waals surface area contributed by atoms with Crippen molar-refractivity contribution >= 4 is 43.5 Å². The van der Waals surface area contributed by atoms with Gasteiger partial charge in [0.2, 0.25) is 15.9 Å². The van der Waals surface area contributed by atoms with Crippen LogP contribution in [0.1, 0.15) is 29.7 Å². The topological polar surface area (TPSA) is 66.5 Å². The number of aryl methyl sites for hydroxylation is 1. The number of halogens is 2. The summed E-state index contributed by atoms with van der Waals surface area (Å²) in [4.78, 5) is 13.0. The number of hydrogen-bond donors (Lipinski definition) is 1. The van der Waals surface area contributed by atoms with Crippen LogP contribution in [0.15, 0.2) is 82.2 Å². The van der Waals surface area contributed by atoms with Crippen molar-refractivity contribution in [1.29, 1.82) is 0 Å². The second kappa shape index (κ2) is 10.6. The summed E-state index contributed by atoms with van der Waals surface area (Å²) in [6, 6.07) is 20.8. The molecule has 0 unspecified atom stereocenters. The van der Waals surface area contributed by atoms with Gasteiger partial charge in [0.25, 0.3) is 0 Å². The van der Waals surface area contributed by atoms with Crippen LogP contribution in [0.5, 0.6) is 0 Å². The van der Waals surface area contributed by atoms with Gasteiger partial charge in [-0.05, 0) is 61.4 Å². The molecule has 8 heteroatoms. The largest absolute Gasteiger partial charge is 0.348 e. The lowest BCUT2D eigenvalue weighted by Crippen LogP contribution is -2.41. The maximum absolute atomic E-state index is 13.4. The molecular formula is C24H24BrClN2O3S. The first-order chi connectivity index (χ1) is 15.1. The van der Waals surface area contributed by atoms with Crippen molar-refractivity contribution in [3.8, 4) is 0 Å². The fourth-order valence-electron chi connectivity index (χ4n) is 3.19. The third-order valence-corrected chi connectivity index (χ3v) is 7.53. The molecule has 1 amide bonds. The zero-order valence-corrected chi connectivity index (χ0v) is 20.9. The number of rotatable bonds is 8. The average Bonchev–Trinajstić information content (AvgIpc) is 2.75. The van der Waals surface area contributed by atoms with E-state index in [1.54, 1.807) is 48.5 Å². The Morgan fingerprint density at radius 3 is 2.34 bits per heavy atom. The van der Waals surface area contributed by atoms with Crippen molar-refractivity contribution in [2.24, 2.45) is 0 Å². The predicted octanol–water partition coefficient (Wildman–Crippen LogP) is 5.48. The van der Waals surface area contributed by atoms with Crippen LogP contribution in [0.25, 0.3) is 0 Å². The first kappa shape index (κ1) is 24.5. The minimum Gasteiger partial charge on any atom is -0.348 e. The smallest absolute Gasteiger partial charge is 0.243 e. The molecule has 0 aromatic heterocycles. The summed E-state index contributed by atoms with van der Waals surface area (Å²) in [6.45, 7) is 3.49. The Bertz CT molecular complexity index is 1180. The molecule has 0 aliphatic heterocycles. The van der Waals surface area contributed by atoms with Gasteiger partial charge in [-0.15, -0.1) is 0 Å². The fourth-order valence-corrected chi connectivity index (χ4v) is 5.11.